The first kappa shape index (κ1) is 26.5. The van der Waals surface area contributed by atoms with Crippen molar-refractivity contribution >= 4 is 21.5 Å². The van der Waals surface area contributed by atoms with E-state index in [9.17, 15) is 0 Å². The molecule has 9 rings (SSSR count). The molecule has 0 aromatic heterocycles. The summed E-state index contributed by atoms with van der Waals surface area (Å²) in [5.74, 6) is 0. The standard InChI is InChI=1S/C45H36/c1-27-18-20-28(21-19-27)42-33-14-6-7-15-34(33)43(29-22-23-32-30-12-8-10-16-38(30)44(2,3)40(32)24-29)37-26-41-35(25-36(37)42)31-13-9-11-17-39(31)45(41,4)5/h6-26H,1-5H3. The molecule has 7 aromatic rings. The minimum Gasteiger partial charge on any atom is -0.0619 e. The molecule has 0 saturated heterocycles. The van der Waals surface area contributed by atoms with Gasteiger partial charge in [0.05, 0.1) is 0 Å². The summed E-state index contributed by atoms with van der Waals surface area (Å²) in [4.78, 5) is 0. The van der Waals surface area contributed by atoms with Gasteiger partial charge in [-0.1, -0.05) is 142 Å². The van der Waals surface area contributed by atoms with Crippen LogP contribution in [-0.4, -0.2) is 0 Å². The maximum Gasteiger partial charge on any atom is 0.0159 e. The first-order valence-corrected chi connectivity index (χ1v) is 16.2. The topological polar surface area (TPSA) is 0 Å². The van der Waals surface area contributed by atoms with Gasteiger partial charge in [0.25, 0.3) is 0 Å². The van der Waals surface area contributed by atoms with Gasteiger partial charge in [0.2, 0.25) is 0 Å². The lowest BCUT2D eigenvalue weighted by Gasteiger charge is -2.25. The van der Waals surface area contributed by atoms with Crippen molar-refractivity contribution in [2.45, 2.75) is 45.4 Å². The van der Waals surface area contributed by atoms with Crippen LogP contribution in [0.1, 0.15) is 55.5 Å². The zero-order chi connectivity index (χ0) is 30.7. The second-order valence-electron chi connectivity index (χ2n) is 14.2. The number of aryl methyl sites for hydroxylation is 1. The van der Waals surface area contributed by atoms with Crippen molar-refractivity contribution in [1.82, 2.24) is 0 Å². The highest BCUT2D eigenvalue weighted by Gasteiger charge is 2.37. The van der Waals surface area contributed by atoms with Gasteiger partial charge in [-0.3, -0.25) is 0 Å². The first-order valence-electron chi connectivity index (χ1n) is 16.2. The predicted octanol–water partition coefficient (Wildman–Crippen LogP) is 12.2. The van der Waals surface area contributed by atoms with Gasteiger partial charge < -0.3 is 0 Å². The molecule has 0 aliphatic heterocycles. The van der Waals surface area contributed by atoms with E-state index in [0.29, 0.717) is 0 Å². The molecular formula is C45H36. The predicted molar refractivity (Wildman–Crippen MR) is 192 cm³/mol. The molecule has 0 radical (unpaired) electrons. The number of fused-ring (bicyclic) bond motifs is 8. The first-order chi connectivity index (χ1) is 21.7. The van der Waals surface area contributed by atoms with E-state index in [1.165, 1.54) is 93.9 Å². The third-order valence-electron chi connectivity index (χ3n) is 10.9. The van der Waals surface area contributed by atoms with Crippen LogP contribution in [0.3, 0.4) is 0 Å². The molecule has 0 spiro atoms. The van der Waals surface area contributed by atoms with E-state index in [-0.39, 0.29) is 10.8 Å². The van der Waals surface area contributed by atoms with E-state index in [2.05, 4.69) is 162 Å². The van der Waals surface area contributed by atoms with Crippen molar-refractivity contribution < 1.29 is 0 Å². The third kappa shape index (κ3) is 3.54. The Bertz CT molecular complexity index is 2360. The summed E-state index contributed by atoms with van der Waals surface area (Å²) in [6.45, 7) is 11.7. The largest absolute Gasteiger partial charge is 0.0619 e. The highest BCUT2D eigenvalue weighted by Crippen LogP contribution is 2.54. The number of benzene rings is 7. The summed E-state index contributed by atoms with van der Waals surface area (Å²) in [6.07, 6.45) is 0. The second-order valence-corrected chi connectivity index (χ2v) is 14.2. The summed E-state index contributed by atoms with van der Waals surface area (Å²) in [5, 5.41) is 5.26. The van der Waals surface area contributed by atoms with Crippen LogP contribution in [0.4, 0.5) is 0 Å². The molecule has 0 heterocycles. The zero-order valence-electron chi connectivity index (χ0n) is 26.6. The van der Waals surface area contributed by atoms with E-state index >= 15 is 0 Å². The Hall–Kier alpha value is -4.94. The SMILES string of the molecule is Cc1ccc(-c2c3ccccc3c(-c3ccc4c(c3)C(C)(C)c3ccccc3-4)c3cc4c(cc23)-c2ccccc2C4(C)C)cc1. The zero-order valence-corrected chi connectivity index (χ0v) is 26.6. The lowest BCUT2D eigenvalue weighted by Crippen LogP contribution is -2.15. The van der Waals surface area contributed by atoms with Crippen molar-refractivity contribution in [3.05, 3.63) is 155 Å². The van der Waals surface area contributed by atoms with E-state index in [4.69, 9.17) is 0 Å². The molecule has 0 heteroatoms. The monoisotopic (exact) mass is 576 g/mol. The minimum atomic E-state index is -0.0748. The Kier molecular flexibility index (Phi) is 5.32. The van der Waals surface area contributed by atoms with Gasteiger partial charge >= 0.3 is 0 Å². The van der Waals surface area contributed by atoms with Crippen LogP contribution in [0.5, 0.6) is 0 Å². The Balaban J connectivity index is 1.43. The third-order valence-corrected chi connectivity index (χ3v) is 10.9. The van der Waals surface area contributed by atoms with Crippen molar-refractivity contribution in [3.8, 4) is 44.5 Å². The van der Waals surface area contributed by atoms with Gasteiger partial charge in [-0.2, -0.15) is 0 Å². The van der Waals surface area contributed by atoms with Gasteiger partial charge in [-0.15, -0.1) is 0 Å². The normalized spacial score (nSPS) is 15.1. The molecule has 2 aliphatic carbocycles. The van der Waals surface area contributed by atoms with Crippen LogP contribution in [0.15, 0.2) is 127 Å². The molecule has 7 aromatic carbocycles. The summed E-state index contributed by atoms with van der Waals surface area (Å²) < 4.78 is 0. The fourth-order valence-electron chi connectivity index (χ4n) is 8.57. The average Bonchev–Trinajstić information content (AvgIpc) is 3.42. The fraction of sp³-hybridized carbons (Fsp3) is 0.156. The van der Waals surface area contributed by atoms with E-state index in [1.807, 2.05) is 0 Å². The van der Waals surface area contributed by atoms with E-state index in [1.54, 1.807) is 0 Å². The van der Waals surface area contributed by atoms with Crippen LogP contribution in [-0.2, 0) is 10.8 Å². The number of hydrogen-bond donors (Lipinski definition) is 0. The molecule has 0 unspecified atom stereocenters. The smallest absolute Gasteiger partial charge is 0.0159 e. The quantitative estimate of drug-likeness (QED) is 0.180. The van der Waals surface area contributed by atoms with Crippen molar-refractivity contribution in [2.24, 2.45) is 0 Å². The molecule has 0 atom stereocenters. The molecular weight excluding hydrogens is 540 g/mol. The summed E-state index contributed by atoms with van der Waals surface area (Å²) in [5.41, 5.74) is 17.5. The highest BCUT2D eigenvalue weighted by molar-refractivity contribution is 6.22. The number of rotatable bonds is 2. The molecule has 0 bridgehead atoms. The van der Waals surface area contributed by atoms with Gasteiger partial charge in [0.15, 0.2) is 0 Å². The van der Waals surface area contributed by atoms with Crippen LogP contribution in [0, 0.1) is 6.92 Å². The van der Waals surface area contributed by atoms with Gasteiger partial charge in [0.1, 0.15) is 0 Å². The molecule has 0 N–H and O–H groups in total. The van der Waals surface area contributed by atoms with Crippen molar-refractivity contribution in [2.75, 3.05) is 0 Å². The van der Waals surface area contributed by atoms with Crippen LogP contribution in [0.25, 0.3) is 66.1 Å². The molecule has 45 heavy (non-hydrogen) atoms. The summed E-state index contributed by atoms with van der Waals surface area (Å²) in [7, 11) is 0. The molecule has 0 saturated carbocycles. The molecule has 2 aliphatic rings. The summed E-state index contributed by atoms with van der Waals surface area (Å²) in [6, 6.07) is 48.4. The van der Waals surface area contributed by atoms with Gasteiger partial charge in [-0.05, 0) is 113 Å². The molecule has 216 valence electrons. The van der Waals surface area contributed by atoms with Crippen LogP contribution in [0.2, 0.25) is 0 Å². The van der Waals surface area contributed by atoms with E-state index < -0.39 is 0 Å². The maximum atomic E-state index is 2.54. The second kappa shape index (κ2) is 9.05. The molecule has 0 amide bonds. The van der Waals surface area contributed by atoms with E-state index in [0.717, 1.165) is 0 Å². The fourth-order valence-corrected chi connectivity index (χ4v) is 8.57. The molecule has 0 fully saturated rings. The molecule has 0 nitrogen and oxygen atoms in total. The van der Waals surface area contributed by atoms with Gasteiger partial charge in [0, 0.05) is 10.8 Å². The maximum absolute atomic E-state index is 2.54. The summed E-state index contributed by atoms with van der Waals surface area (Å²) >= 11 is 0. The van der Waals surface area contributed by atoms with Crippen molar-refractivity contribution in [3.63, 3.8) is 0 Å². The lowest BCUT2D eigenvalue weighted by molar-refractivity contribution is 0.660. The Morgan fingerprint density at radius 3 is 1.47 bits per heavy atom. The van der Waals surface area contributed by atoms with Crippen LogP contribution >= 0.6 is 0 Å². The average molecular weight is 577 g/mol. The lowest BCUT2D eigenvalue weighted by atomic mass is 9.78. The Morgan fingerprint density at radius 1 is 0.356 bits per heavy atom. The highest BCUT2D eigenvalue weighted by atomic mass is 14.4. The van der Waals surface area contributed by atoms with Crippen LogP contribution < -0.4 is 0 Å². The number of hydrogen-bond acceptors (Lipinski definition) is 0. The Labute approximate surface area is 266 Å². The van der Waals surface area contributed by atoms with Crippen molar-refractivity contribution in [1.29, 1.82) is 0 Å². The Morgan fingerprint density at radius 2 is 0.822 bits per heavy atom. The minimum absolute atomic E-state index is 0.0553. The van der Waals surface area contributed by atoms with Gasteiger partial charge in [-0.25, -0.2) is 0 Å².